The van der Waals surface area contributed by atoms with Gasteiger partial charge in [-0.05, 0) is 38.5 Å². The lowest BCUT2D eigenvalue weighted by atomic mass is 9.99. The molecule has 0 aliphatic rings. The summed E-state index contributed by atoms with van der Waals surface area (Å²) in [7, 11) is 1.61. The lowest BCUT2D eigenvalue weighted by Crippen LogP contribution is -2.43. The highest BCUT2D eigenvalue weighted by Gasteiger charge is 2.23. The number of ketones is 1. The van der Waals surface area contributed by atoms with Gasteiger partial charge in [0.05, 0.1) is 19.8 Å². The highest BCUT2D eigenvalue weighted by Crippen LogP contribution is 2.17. The van der Waals surface area contributed by atoms with Gasteiger partial charge in [0.2, 0.25) is 0 Å². The quantitative estimate of drug-likeness (QED) is 0.615. The fraction of sp³-hybridized carbons (Fsp3) is 0.435. The van der Waals surface area contributed by atoms with Gasteiger partial charge < -0.3 is 19.9 Å². The van der Waals surface area contributed by atoms with Crippen LogP contribution in [0.25, 0.3) is 0 Å². The maximum absolute atomic E-state index is 13.0. The fourth-order valence-corrected chi connectivity index (χ4v) is 2.74. The minimum Gasteiger partial charge on any atom is -0.497 e. The van der Waals surface area contributed by atoms with Gasteiger partial charge >= 0.3 is 0 Å². The van der Waals surface area contributed by atoms with E-state index in [-0.39, 0.29) is 17.9 Å². The smallest absolute Gasteiger partial charge is 0.191 e. The summed E-state index contributed by atoms with van der Waals surface area (Å²) >= 11 is 0. The van der Waals surface area contributed by atoms with Crippen molar-refractivity contribution in [3.8, 4) is 5.75 Å². The first-order valence-electron chi connectivity index (χ1n) is 9.55. The molecule has 0 saturated carbocycles. The predicted octanol–water partition coefficient (Wildman–Crippen LogP) is 3.25. The number of methoxy groups -OCH3 is 1. The second-order valence-electron chi connectivity index (χ2n) is 7.89. The molecule has 0 spiro atoms. The van der Waals surface area contributed by atoms with Crippen LogP contribution in [0.15, 0.2) is 54.6 Å². The molecule has 2 aromatic carbocycles. The molecule has 0 radical (unpaired) electrons. The summed E-state index contributed by atoms with van der Waals surface area (Å²) in [4.78, 5) is 13.0. The Balaban J connectivity index is 2.08. The van der Waals surface area contributed by atoms with Crippen molar-refractivity contribution in [3.63, 3.8) is 0 Å². The number of β-amino-alcohol motifs (C(OH)–C–C–N with tert-alkyl or cyclic N) is 1. The molecular formula is C23H31NO4. The van der Waals surface area contributed by atoms with Crippen molar-refractivity contribution in [1.29, 1.82) is 0 Å². The number of hydrogen-bond donors (Lipinski definition) is 2. The molecule has 28 heavy (non-hydrogen) atoms. The Bertz CT molecular complexity index is 740. The minimum atomic E-state index is -0.699. The number of benzene rings is 2. The van der Waals surface area contributed by atoms with Crippen molar-refractivity contribution in [3.05, 3.63) is 65.7 Å². The number of aliphatic hydroxyl groups excluding tert-OH is 1. The maximum Gasteiger partial charge on any atom is 0.191 e. The van der Waals surface area contributed by atoms with E-state index >= 15 is 0 Å². The van der Waals surface area contributed by atoms with E-state index in [1.54, 1.807) is 19.2 Å². The molecule has 0 bridgehead atoms. The van der Waals surface area contributed by atoms with Gasteiger partial charge in [-0.15, -0.1) is 0 Å². The molecule has 2 N–H and O–H groups in total. The van der Waals surface area contributed by atoms with Gasteiger partial charge in [0.15, 0.2) is 5.78 Å². The molecule has 152 valence electrons. The van der Waals surface area contributed by atoms with Gasteiger partial charge in [-0.3, -0.25) is 4.79 Å². The lowest BCUT2D eigenvalue weighted by molar-refractivity contribution is -0.00327. The summed E-state index contributed by atoms with van der Waals surface area (Å²) in [6.07, 6.45) is -0.973. The number of nitrogens with one attached hydrogen (secondary N) is 1. The first-order valence-corrected chi connectivity index (χ1v) is 9.55. The van der Waals surface area contributed by atoms with Crippen LogP contribution in [-0.2, 0) is 11.2 Å². The van der Waals surface area contributed by atoms with Crippen LogP contribution in [0.2, 0.25) is 0 Å². The van der Waals surface area contributed by atoms with Crippen molar-refractivity contribution in [2.24, 2.45) is 0 Å². The van der Waals surface area contributed by atoms with Crippen molar-refractivity contribution >= 4 is 5.78 Å². The molecule has 2 atom stereocenters. The molecule has 5 nitrogen and oxygen atoms in total. The van der Waals surface area contributed by atoms with Crippen molar-refractivity contribution < 1.29 is 19.4 Å². The first-order chi connectivity index (χ1) is 13.3. The molecule has 0 aliphatic heterocycles. The van der Waals surface area contributed by atoms with E-state index in [2.05, 4.69) is 5.32 Å². The van der Waals surface area contributed by atoms with Crippen LogP contribution < -0.4 is 10.1 Å². The number of hydrogen-bond acceptors (Lipinski definition) is 5. The van der Waals surface area contributed by atoms with Gasteiger partial charge in [0.1, 0.15) is 11.9 Å². The molecule has 0 aliphatic carbocycles. The Hall–Kier alpha value is -2.21. The predicted molar refractivity (Wildman–Crippen MR) is 111 cm³/mol. The third kappa shape index (κ3) is 7.43. The molecule has 0 saturated heterocycles. The summed E-state index contributed by atoms with van der Waals surface area (Å²) < 4.78 is 11.2. The van der Waals surface area contributed by atoms with E-state index in [1.807, 2.05) is 63.2 Å². The number of carbonyl (C=O) groups is 1. The first kappa shape index (κ1) is 22.1. The van der Waals surface area contributed by atoms with Gasteiger partial charge in [0.25, 0.3) is 0 Å². The summed E-state index contributed by atoms with van der Waals surface area (Å²) in [5.74, 6) is 0.636. The molecule has 5 heteroatoms. The van der Waals surface area contributed by atoms with Crippen LogP contribution in [0.1, 0.15) is 36.7 Å². The summed E-state index contributed by atoms with van der Waals surface area (Å²) in [5.41, 5.74) is 1.44. The van der Waals surface area contributed by atoms with E-state index in [1.165, 1.54) is 0 Å². The molecule has 0 aromatic heterocycles. The van der Waals surface area contributed by atoms with E-state index in [9.17, 15) is 9.90 Å². The van der Waals surface area contributed by atoms with Crippen molar-refractivity contribution in [2.75, 3.05) is 20.3 Å². The molecule has 2 unspecified atom stereocenters. The van der Waals surface area contributed by atoms with E-state index in [4.69, 9.17) is 9.47 Å². The van der Waals surface area contributed by atoms with Gasteiger partial charge in [-0.25, -0.2) is 0 Å². The van der Waals surface area contributed by atoms with Gasteiger partial charge in [-0.2, -0.15) is 0 Å². The summed E-state index contributed by atoms with van der Waals surface area (Å²) in [5, 5.41) is 13.5. The number of carbonyl (C=O) groups excluding carboxylic acids is 1. The average molecular weight is 386 g/mol. The van der Waals surface area contributed by atoms with Crippen LogP contribution in [0.3, 0.4) is 0 Å². The topological polar surface area (TPSA) is 67.8 Å². The Morgan fingerprint density at radius 2 is 1.82 bits per heavy atom. The van der Waals surface area contributed by atoms with Crippen molar-refractivity contribution in [2.45, 2.75) is 44.9 Å². The monoisotopic (exact) mass is 385 g/mol. The third-order valence-electron chi connectivity index (χ3n) is 4.26. The SMILES string of the molecule is COc1cccc(CC(OCC(O)CNC(C)(C)C)C(=O)c2ccccc2)c1. The lowest BCUT2D eigenvalue weighted by Gasteiger charge is -2.24. The third-order valence-corrected chi connectivity index (χ3v) is 4.26. The second-order valence-corrected chi connectivity index (χ2v) is 7.89. The van der Waals surface area contributed by atoms with E-state index < -0.39 is 12.2 Å². The second kappa shape index (κ2) is 10.4. The Morgan fingerprint density at radius 1 is 1.11 bits per heavy atom. The Kier molecular flexibility index (Phi) is 8.18. The van der Waals surface area contributed by atoms with Gasteiger partial charge in [0, 0.05) is 24.1 Å². The highest BCUT2D eigenvalue weighted by atomic mass is 16.5. The summed E-state index contributed by atoms with van der Waals surface area (Å²) in [6.45, 7) is 6.58. The number of aliphatic hydroxyl groups is 1. The molecular weight excluding hydrogens is 354 g/mol. The standard InChI is InChI=1S/C23H31NO4/c1-23(2,3)24-15-19(25)16-28-21(22(26)18-10-6-5-7-11-18)14-17-9-8-12-20(13-17)27-4/h5-13,19,21,24-25H,14-16H2,1-4H3. The zero-order valence-corrected chi connectivity index (χ0v) is 17.1. The van der Waals surface area contributed by atoms with Gasteiger partial charge in [-0.1, -0.05) is 42.5 Å². The minimum absolute atomic E-state index is 0.0797. The maximum atomic E-state index is 13.0. The van der Waals surface area contributed by atoms with Crippen LogP contribution in [0.4, 0.5) is 0 Å². The Labute approximate surface area is 167 Å². The fourth-order valence-electron chi connectivity index (χ4n) is 2.74. The van der Waals surface area contributed by atoms with Crippen LogP contribution >= 0.6 is 0 Å². The molecule has 0 heterocycles. The number of rotatable bonds is 10. The van der Waals surface area contributed by atoms with Crippen LogP contribution in [0.5, 0.6) is 5.75 Å². The zero-order chi connectivity index (χ0) is 20.6. The van der Waals surface area contributed by atoms with Crippen LogP contribution in [-0.4, -0.2) is 48.9 Å². The molecule has 0 amide bonds. The van der Waals surface area contributed by atoms with E-state index in [0.717, 1.165) is 11.3 Å². The summed E-state index contributed by atoms with van der Waals surface area (Å²) in [6, 6.07) is 16.7. The molecule has 2 rings (SSSR count). The zero-order valence-electron chi connectivity index (χ0n) is 17.1. The van der Waals surface area contributed by atoms with Crippen LogP contribution in [0, 0.1) is 0 Å². The largest absolute Gasteiger partial charge is 0.497 e. The molecule has 0 fully saturated rings. The Morgan fingerprint density at radius 3 is 2.46 bits per heavy atom. The van der Waals surface area contributed by atoms with E-state index in [0.29, 0.717) is 18.5 Å². The molecule has 2 aromatic rings. The normalized spacial score (nSPS) is 13.8. The highest BCUT2D eigenvalue weighted by molar-refractivity contribution is 5.99. The number of ether oxygens (including phenoxy) is 2. The number of Topliss-reactive ketones (excluding diaryl/α,β-unsaturated/α-hetero) is 1. The van der Waals surface area contributed by atoms with Crippen molar-refractivity contribution in [1.82, 2.24) is 5.32 Å². The average Bonchev–Trinajstić information content (AvgIpc) is 2.69.